The van der Waals surface area contributed by atoms with E-state index in [1.54, 1.807) is 7.05 Å². The van der Waals surface area contributed by atoms with Gasteiger partial charge in [-0.05, 0) is 45.7 Å². The van der Waals surface area contributed by atoms with Crippen molar-refractivity contribution in [2.24, 2.45) is 4.99 Å². The average Bonchev–Trinajstić information content (AvgIpc) is 2.61. The molecular formula is C18H32IN5OS. The van der Waals surface area contributed by atoms with E-state index in [0.29, 0.717) is 18.3 Å². The second kappa shape index (κ2) is 11.1. The first-order chi connectivity index (χ1) is 11.9. The molecule has 0 spiro atoms. The monoisotopic (exact) mass is 493 g/mol. The largest absolute Gasteiger partial charge is 0.356 e. The third kappa shape index (κ3) is 7.38. The summed E-state index contributed by atoms with van der Waals surface area (Å²) in [4.78, 5) is 11.0. The van der Waals surface area contributed by atoms with Crippen molar-refractivity contribution in [1.82, 2.24) is 15.6 Å². The summed E-state index contributed by atoms with van der Waals surface area (Å²) in [6, 6.07) is 6.43. The van der Waals surface area contributed by atoms with Gasteiger partial charge in [0.05, 0.1) is 0 Å². The van der Waals surface area contributed by atoms with Gasteiger partial charge in [0.1, 0.15) is 5.82 Å². The molecule has 0 radical (unpaired) electrons. The number of guanidine groups is 1. The molecule has 2 rings (SSSR count). The van der Waals surface area contributed by atoms with E-state index in [1.807, 2.05) is 39.1 Å². The van der Waals surface area contributed by atoms with Crippen molar-refractivity contribution < 1.29 is 4.21 Å². The van der Waals surface area contributed by atoms with E-state index in [2.05, 4.69) is 31.6 Å². The number of aliphatic imine (C=N–C) groups is 1. The zero-order valence-corrected chi connectivity index (χ0v) is 19.3. The lowest BCUT2D eigenvalue weighted by Gasteiger charge is -2.33. The van der Waals surface area contributed by atoms with Crippen LogP contribution in [0.1, 0.15) is 33.6 Å². The van der Waals surface area contributed by atoms with Gasteiger partial charge >= 0.3 is 0 Å². The zero-order valence-electron chi connectivity index (χ0n) is 16.2. The highest BCUT2D eigenvalue weighted by molar-refractivity contribution is 14.0. The smallest absolute Gasteiger partial charge is 0.191 e. The Bertz CT molecular complexity index is 583. The van der Waals surface area contributed by atoms with E-state index in [4.69, 9.17) is 0 Å². The Balaban J connectivity index is 0.00000338. The summed E-state index contributed by atoms with van der Waals surface area (Å²) < 4.78 is 11.9. The molecule has 6 nitrogen and oxygen atoms in total. The van der Waals surface area contributed by atoms with Crippen molar-refractivity contribution in [1.29, 1.82) is 0 Å². The molecule has 1 aromatic heterocycles. The Morgan fingerprint density at radius 1 is 1.35 bits per heavy atom. The maximum Gasteiger partial charge on any atom is 0.191 e. The van der Waals surface area contributed by atoms with E-state index >= 15 is 0 Å². The van der Waals surface area contributed by atoms with Crippen LogP contribution in [0.4, 0.5) is 5.82 Å². The number of rotatable bonds is 5. The molecule has 0 aromatic carbocycles. The number of aromatic nitrogens is 1. The van der Waals surface area contributed by atoms with Crippen LogP contribution in [0.3, 0.4) is 0 Å². The van der Waals surface area contributed by atoms with Crippen molar-refractivity contribution >= 4 is 46.6 Å². The maximum atomic E-state index is 12.1. The normalized spacial score (nSPS) is 17.4. The number of hydrogen-bond acceptors (Lipinski definition) is 4. The first kappa shape index (κ1) is 23.1. The molecule has 148 valence electrons. The molecule has 1 aromatic rings. The fourth-order valence-corrected chi connectivity index (χ4v) is 3.65. The van der Waals surface area contributed by atoms with Crippen LogP contribution in [0.15, 0.2) is 29.4 Å². The van der Waals surface area contributed by atoms with Gasteiger partial charge in [0.2, 0.25) is 0 Å². The third-order valence-electron chi connectivity index (χ3n) is 4.30. The highest BCUT2D eigenvalue weighted by Crippen LogP contribution is 2.17. The first-order valence-corrected chi connectivity index (χ1v) is 10.2. The van der Waals surface area contributed by atoms with E-state index < -0.39 is 10.8 Å². The summed E-state index contributed by atoms with van der Waals surface area (Å²) in [6.45, 7) is 8.65. The molecule has 0 aliphatic carbocycles. The predicted octanol–water partition coefficient (Wildman–Crippen LogP) is 2.38. The van der Waals surface area contributed by atoms with Gasteiger partial charge in [0.15, 0.2) is 5.96 Å². The number of pyridine rings is 1. The van der Waals surface area contributed by atoms with Crippen molar-refractivity contribution in [3.63, 3.8) is 0 Å². The van der Waals surface area contributed by atoms with Crippen LogP contribution in [0.5, 0.6) is 0 Å². The van der Waals surface area contributed by atoms with Crippen LogP contribution < -0.4 is 15.5 Å². The Hall–Kier alpha value is -0.900. The van der Waals surface area contributed by atoms with Gasteiger partial charge in [-0.2, -0.15) is 0 Å². The highest BCUT2D eigenvalue weighted by Gasteiger charge is 2.21. The molecule has 1 aliphatic heterocycles. The molecule has 1 fully saturated rings. The van der Waals surface area contributed by atoms with Crippen LogP contribution in [-0.2, 0) is 10.8 Å². The van der Waals surface area contributed by atoms with E-state index in [9.17, 15) is 4.21 Å². The fraction of sp³-hybridized carbons (Fsp3) is 0.667. The van der Waals surface area contributed by atoms with E-state index in [-0.39, 0.29) is 28.7 Å². The summed E-state index contributed by atoms with van der Waals surface area (Å²) in [5, 5.41) is 6.77. The quantitative estimate of drug-likeness (QED) is 0.375. The van der Waals surface area contributed by atoms with Gasteiger partial charge < -0.3 is 15.5 Å². The third-order valence-corrected chi connectivity index (χ3v) is 6.24. The van der Waals surface area contributed by atoms with Gasteiger partial charge in [-0.3, -0.25) is 9.20 Å². The second-order valence-electron chi connectivity index (χ2n) is 7.25. The van der Waals surface area contributed by atoms with Crippen LogP contribution in [-0.4, -0.2) is 58.4 Å². The molecule has 8 heteroatoms. The highest BCUT2D eigenvalue weighted by atomic mass is 127. The van der Waals surface area contributed by atoms with E-state index in [0.717, 1.165) is 37.7 Å². The minimum atomic E-state index is -0.847. The lowest BCUT2D eigenvalue weighted by atomic mass is 10.1. The number of hydrogen-bond donors (Lipinski definition) is 2. The topological polar surface area (TPSA) is 69.6 Å². The molecule has 0 bridgehead atoms. The molecular weight excluding hydrogens is 461 g/mol. The van der Waals surface area contributed by atoms with Crippen LogP contribution in [0.2, 0.25) is 0 Å². The summed E-state index contributed by atoms with van der Waals surface area (Å²) in [5.41, 5.74) is 0. The van der Waals surface area contributed by atoms with Crippen molar-refractivity contribution in [2.45, 2.75) is 44.4 Å². The molecule has 0 saturated carbocycles. The molecule has 1 atom stereocenters. The van der Waals surface area contributed by atoms with Gasteiger partial charge in [0.25, 0.3) is 0 Å². The lowest BCUT2D eigenvalue weighted by Crippen LogP contribution is -2.49. The molecule has 2 heterocycles. The lowest BCUT2D eigenvalue weighted by molar-refractivity contribution is 0.460. The zero-order chi connectivity index (χ0) is 18.3. The molecule has 0 amide bonds. The van der Waals surface area contributed by atoms with Crippen molar-refractivity contribution in [3.8, 4) is 0 Å². The number of halogens is 1. The van der Waals surface area contributed by atoms with Crippen LogP contribution in [0.25, 0.3) is 0 Å². The first-order valence-electron chi connectivity index (χ1n) is 8.92. The van der Waals surface area contributed by atoms with Gasteiger partial charge in [-0.15, -0.1) is 24.0 Å². The molecule has 1 aliphatic rings. The van der Waals surface area contributed by atoms with E-state index in [1.165, 1.54) is 0 Å². The minimum absolute atomic E-state index is 0. The number of piperidine rings is 1. The van der Waals surface area contributed by atoms with Crippen LogP contribution in [0, 0.1) is 0 Å². The number of anilines is 1. The van der Waals surface area contributed by atoms with Crippen molar-refractivity contribution in [3.05, 3.63) is 24.4 Å². The molecule has 26 heavy (non-hydrogen) atoms. The number of nitrogens with zero attached hydrogens (tertiary/aromatic N) is 3. The summed E-state index contributed by atoms with van der Waals surface area (Å²) in [5.74, 6) is 2.47. The average molecular weight is 493 g/mol. The van der Waals surface area contributed by atoms with Crippen LogP contribution >= 0.6 is 24.0 Å². The number of nitrogens with one attached hydrogen (secondary N) is 2. The molecule has 1 saturated heterocycles. The summed E-state index contributed by atoms with van der Waals surface area (Å²) in [7, 11) is 0.930. The summed E-state index contributed by atoms with van der Waals surface area (Å²) in [6.07, 6.45) is 3.93. The fourth-order valence-electron chi connectivity index (χ4n) is 2.75. The Labute approximate surface area is 177 Å². The molecule has 1 unspecified atom stereocenters. The summed E-state index contributed by atoms with van der Waals surface area (Å²) >= 11 is 0. The Kier molecular flexibility index (Phi) is 9.84. The molecule has 2 N–H and O–H groups in total. The SMILES string of the molecule is CN=C(NCCS(=O)C(C)(C)C)NC1CCN(c2ccccn2)CC1.I. The minimum Gasteiger partial charge on any atom is -0.356 e. The standard InChI is InChI=1S/C18H31N5OS.HI/c1-18(2,3)25(24)14-11-21-17(19-4)22-15-8-12-23(13-9-15)16-7-5-6-10-20-16;/h5-7,10,15H,8-9,11-14H2,1-4H3,(H2,19,21,22);1H. The predicted molar refractivity (Wildman–Crippen MR) is 122 cm³/mol. The van der Waals surface area contributed by atoms with Gasteiger partial charge in [-0.25, -0.2) is 4.98 Å². The Morgan fingerprint density at radius 2 is 2.04 bits per heavy atom. The van der Waals surface area contributed by atoms with Gasteiger partial charge in [-0.1, -0.05) is 6.07 Å². The Morgan fingerprint density at radius 3 is 2.58 bits per heavy atom. The van der Waals surface area contributed by atoms with Gasteiger partial charge in [0, 0.05) is 60.2 Å². The maximum absolute atomic E-state index is 12.1. The second-order valence-corrected chi connectivity index (χ2v) is 9.58. The van der Waals surface area contributed by atoms with Crippen molar-refractivity contribution in [2.75, 3.05) is 37.3 Å².